The first kappa shape index (κ1) is 3.14. The van der Waals surface area contributed by atoms with E-state index in [2.05, 4.69) is 10.3 Å². The van der Waals surface area contributed by atoms with Crippen LogP contribution in [-0.4, -0.2) is 10.3 Å². The summed E-state index contributed by atoms with van der Waals surface area (Å²) < 4.78 is 0.569. The number of H-pyrrole nitrogens is 2. The van der Waals surface area contributed by atoms with E-state index in [0.717, 1.165) is 0 Å². The Morgan fingerprint density at radius 2 is 2.50 bits per heavy atom. The van der Waals surface area contributed by atoms with E-state index in [1.54, 1.807) is 0 Å². The summed E-state index contributed by atoms with van der Waals surface area (Å²) in [6.07, 6.45) is 2.84. The Kier molecular flexibility index (Phi) is 0.506. The van der Waals surface area contributed by atoms with E-state index < -0.39 is 0 Å². The van der Waals surface area contributed by atoms with Crippen LogP contribution in [0.5, 0.6) is 0 Å². The molecule has 0 radical (unpaired) electrons. The fraction of sp³-hybridized carbons (Fsp3) is 0. The molecular weight excluding hydrogens is 82.0 g/mol. The van der Waals surface area contributed by atoms with Crippen LogP contribution in [0.1, 0.15) is 0 Å². The highest BCUT2D eigenvalue weighted by Crippen LogP contribution is 1.50. The van der Waals surface area contributed by atoms with Crippen molar-refractivity contribution in [2.24, 2.45) is 0 Å². The van der Waals surface area contributed by atoms with E-state index in [0.29, 0.717) is 4.54 Å². The van der Waals surface area contributed by atoms with Crippen molar-refractivity contribution in [1.29, 1.82) is 0 Å². The van der Waals surface area contributed by atoms with Crippen LogP contribution in [0.3, 0.4) is 0 Å². The van der Waals surface area contributed by atoms with Crippen molar-refractivity contribution >= 4 is 0 Å². The fourth-order valence-corrected chi connectivity index (χ4v) is 0.243. The number of hydrogen-bond acceptors (Lipinski definition) is 1. The first-order valence-corrected chi connectivity index (χ1v) is 1.54. The number of aromatic amines is 2. The summed E-state index contributed by atoms with van der Waals surface area (Å²) in [6.45, 7) is 0. The Morgan fingerprint density at radius 1 is 1.67 bits per heavy atom. The van der Waals surface area contributed by atoms with Gasteiger partial charge in [-0.25, -0.2) is 0 Å². The Hall–Kier alpha value is -1.06. The molecule has 32 valence electrons. The first-order valence-electron chi connectivity index (χ1n) is 1.54. The highest BCUT2D eigenvalue weighted by Gasteiger charge is 1.76. The van der Waals surface area contributed by atoms with E-state index >= 15 is 0 Å². The topological polar surface area (TPSA) is 54.6 Å². The van der Waals surface area contributed by atoms with Crippen molar-refractivity contribution < 1.29 is 4.54 Å². The average Bonchev–Trinajstić information content (AvgIpc) is 1.86. The summed E-state index contributed by atoms with van der Waals surface area (Å²) in [5.74, 6) is 0. The van der Waals surface area contributed by atoms with Crippen LogP contribution in [0.2, 0.25) is 0 Å². The van der Waals surface area contributed by atoms with Gasteiger partial charge in [0, 0.05) is 0 Å². The molecule has 0 unspecified atom stereocenters. The lowest BCUT2D eigenvalue weighted by molar-refractivity contribution is -0.564. The number of rotatable bonds is 0. The van der Waals surface area contributed by atoms with Crippen LogP contribution in [0.15, 0.2) is 12.4 Å². The minimum absolute atomic E-state index is 0.569. The van der Waals surface area contributed by atoms with Gasteiger partial charge in [-0.1, -0.05) is 5.21 Å². The van der Waals surface area contributed by atoms with Crippen molar-refractivity contribution in [3.8, 4) is 0 Å². The Morgan fingerprint density at radius 3 is 2.67 bits per heavy atom. The molecule has 2 N–H and O–H groups in total. The molecule has 1 aromatic rings. The van der Waals surface area contributed by atoms with Gasteiger partial charge in [0.25, 0.3) is 0 Å². The molecule has 4 nitrogen and oxygen atoms in total. The smallest absolute Gasteiger partial charge is 0.177 e. The molecular formula is C2H4N3O+. The fourth-order valence-electron chi connectivity index (χ4n) is 0.243. The van der Waals surface area contributed by atoms with Crippen LogP contribution >= 0.6 is 0 Å². The van der Waals surface area contributed by atoms with E-state index in [1.165, 1.54) is 12.4 Å². The van der Waals surface area contributed by atoms with Gasteiger partial charge in [-0.05, 0) is 4.91 Å². The van der Waals surface area contributed by atoms with Gasteiger partial charge in [0.05, 0.1) is 4.54 Å². The third kappa shape index (κ3) is 0.314. The number of nitrogens with one attached hydrogen (secondary N) is 2. The van der Waals surface area contributed by atoms with Crippen LogP contribution in [0, 0.1) is 4.91 Å². The molecule has 0 saturated heterocycles. The van der Waals surface area contributed by atoms with Crippen molar-refractivity contribution in [3.05, 3.63) is 17.3 Å². The summed E-state index contributed by atoms with van der Waals surface area (Å²) in [7, 11) is 0. The summed E-state index contributed by atoms with van der Waals surface area (Å²) in [6, 6.07) is 0. The van der Waals surface area contributed by atoms with E-state index in [4.69, 9.17) is 0 Å². The molecule has 1 rings (SSSR count). The maximum atomic E-state index is 9.90. The summed E-state index contributed by atoms with van der Waals surface area (Å²) in [5.41, 5.74) is 0. The number of hydrogen-bond donors (Lipinski definition) is 2. The predicted molar refractivity (Wildman–Crippen MR) is 18.5 cm³/mol. The zero-order valence-corrected chi connectivity index (χ0v) is 3.01. The molecule has 1 aromatic heterocycles. The minimum atomic E-state index is 0.569. The van der Waals surface area contributed by atoms with Crippen LogP contribution in [0.4, 0.5) is 0 Å². The molecule has 4 heteroatoms. The monoisotopic (exact) mass is 86.0 g/mol. The van der Waals surface area contributed by atoms with Gasteiger partial charge in [-0.15, -0.1) is 0 Å². The van der Waals surface area contributed by atoms with Gasteiger partial charge in [0.1, 0.15) is 0 Å². The van der Waals surface area contributed by atoms with E-state index in [-0.39, 0.29) is 0 Å². The molecule has 0 atom stereocenters. The zero-order chi connectivity index (χ0) is 4.41. The molecule has 0 aliphatic carbocycles. The average molecular weight is 86.1 g/mol. The van der Waals surface area contributed by atoms with E-state index in [9.17, 15) is 4.91 Å². The lowest BCUT2D eigenvalue weighted by Crippen LogP contribution is -2.12. The largest absolute Gasteiger partial charge is 0.206 e. The van der Waals surface area contributed by atoms with Crippen molar-refractivity contribution in [2.75, 3.05) is 0 Å². The maximum absolute atomic E-state index is 9.90. The SMILES string of the molecule is O=[n+]1cc[nH][nH]1. The molecule has 0 saturated carbocycles. The van der Waals surface area contributed by atoms with Crippen molar-refractivity contribution in [2.45, 2.75) is 0 Å². The summed E-state index contributed by atoms with van der Waals surface area (Å²) >= 11 is 0. The second kappa shape index (κ2) is 0.965. The third-order valence-corrected chi connectivity index (χ3v) is 0.468. The summed E-state index contributed by atoms with van der Waals surface area (Å²) in [5, 5.41) is 4.69. The number of nitrogens with zero attached hydrogens (tertiary/aromatic N) is 1. The third-order valence-electron chi connectivity index (χ3n) is 0.468. The van der Waals surface area contributed by atoms with Crippen LogP contribution < -0.4 is 4.54 Å². The van der Waals surface area contributed by atoms with Gasteiger partial charge in [-0.2, -0.15) is 5.10 Å². The Bertz CT molecular complexity index is 147. The normalized spacial score (nSPS) is 8.67. The second-order valence-corrected chi connectivity index (χ2v) is 0.898. The molecule has 6 heavy (non-hydrogen) atoms. The zero-order valence-electron chi connectivity index (χ0n) is 3.01. The van der Waals surface area contributed by atoms with Gasteiger partial charge in [-0.3, -0.25) is 0 Å². The molecule has 0 aliphatic rings. The molecule has 0 aromatic carbocycles. The number of aromatic nitrogens is 3. The van der Waals surface area contributed by atoms with E-state index in [1.807, 2.05) is 0 Å². The van der Waals surface area contributed by atoms with Crippen LogP contribution in [0.25, 0.3) is 0 Å². The highest BCUT2D eigenvalue weighted by molar-refractivity contribution is 4.46. The standard InChI is InChI=1S/C2H4N3O/c6-5-2-1-3-4-5/h1-2H,(H2,3,4,6)/q+1. The lowest BCUT2D eigenvalue weighted by atomic mass is 11.0. The maximum Gasteiger partial charge on any atom is 0.206 e. The van der Waals surface area contributed by atoms with Crippen molar-refractivity contribution in [1.82, 2.24) is 10.3 Å². The van der Waals surface area contributed by atoms with Gasteiger partial charge in [0.2, 0.25) is 6.20 Å². The summed E-state index contributed by atoms with van der Waals surface area (Å²) in [4.78, 5) is 9.90. The Labute approximate surface area is 33.4 Å². The molecule has 0 spiro atoms. The van der Waals surface area contributed by atoms with Crippen LogP contribution in [-0.2, 0) is 0 Å². The Balaban J connectivity index is 3.41. The minimum Gasteiger partial charge on any atom is -0.177 e. The lowest BCUT2D eigenvalue weighted by Gasteiger charge is -1.46. The van der Waals surface area contributed by atoms with Gasteiger partial charge < -0.3 is 0 Å². The van der Waals surface area contributed by atoms with Crippen molar-refractivity contribution in [3.63, 3.8) is 0 Å². The molecule has 0 fully saturated rings. The first-order chi connectivity index (χ1) is 2.89. The highest BCUT2D eigenvalue weighted by atomic mass is 16.3. The molecule has 1 heterocycles. The van der Waals surface area contributed by atoms with Gasteiger partial charge >= 0.3 is 0 Å². The van der Waals surface area contributed by atoms with Gasteiger partial charge in [0.15, 0.2) is 6.20 Å². The molecule has 0 amide bonds. The molecule has 0 aliphatic heterocycles. The quantitative estimate of drug-likeness (QED) is 0.401. The molecule has 0 bridgehead atoms. The second-order valence-electron chi connectivity index (χ2n) is 0.898. The predicted octanol–water partition coefficient (Wildman–Crippen LogP) is -0.743.